The zero-order valence-electron chi connectivity index (χ0n) is 16.2. The Bertz CT molecular complexity index is 703. The van der Waals surface area contributed by atoms with Crippen molar-refractivity contribution in [1.82, 2.24) is 9.80 Å². The maximum absolute atomic E-state index is 5.82. The summed E-state index contributed by atoms with van der Waals surface area (Å²) in [6.45, 7) is 3.99. The van der Waals surface area contributed by atoms with Crippen molar-refractivity contribution in [3.63, 3.8) is 0 Å². The second-order valence-corrected chi connectivity index (χ2v) is 7.15. The van der Waals surface area contributed by atoms with Gasteiger partial charge in [0.2, 0.25) is 0 Å². The summed E-state index contributed by atoms with van der Waals surface area (Å²) in [4.78, 5) is 12.4. The zero-order chi connectivity index (χ0) is 19.7. The van der Waals surface area contributed by atoms with E-state index in [-0.39, 0.29) is 0 Å². The van der Waals surface area contributed by atoms with Crippen molar-refractivity contribution in [2.45, 2.75) is 13.8 Å². The number of halogens is 2. The lowest BCUT2D eigenvalue weighted by Crippen LogP contribution is -2.07. The lowest BCUT2D eigenvalue weighted by Gasteiger charge is -2.04. The van der Waals surface area contributed by atoms with Crippen LogP contribution in [0.3, 0.4) is 0 Å². The molecule has 0 radical (unpaired) electrons. The molecule has 2 aromatic carbocycles. The Morgan fingerprint density at radius 2 is 1.04 bits per heavy atom. The van der Waals surface area contributed by atoms with Gasteiger partial charge in [0.15, 0.2) is 0 Å². The van der Waals surface area contributed by atoms with Crippen LogP contribution >= 0.6 is 23.2 Å². The fourth-order valence-electron chi connectivity index (χ4n) is 1.88. The van der Waals surface area contributed by atoms with Gasteiger partial charge in [-0.2, -0.15) is 0 Å². The quantitative estimate of drug-likeness (QED) is 0.490. The van der Waals surface area contributed by atoms with Crippen LogP contribution in [0.25, 0.3) is 0 Å². The third-order valence-corrected chi connectivity index (χ3v) is 3.64. The maximum atomic E-state index is 5.82. The summed E-state index contributed by atoms with van der Waals surface area (Å²) in [6.07, 6.45) is 3.55. The van der Waals surface area contributed by atoms with Gasteiger partial charge in [-0.05, 0) is 61.4 Å². The number of hydrogen-bond acceptors (Lipinski definition) is 2. The second kappa shape index (κ2) is 10.8. The van der Waals surface area contributed by atoms with E-state index in [0.29, 0.717) is 0 Å². The number of aryl methyl sites for hydroxylation is 2. The van der Waals surface area contributed by atoms with Gasteiger partial charge in [0.05, 0.1) is 24.1 Å². The van der Waals surface area contributed by atoms with Crippen molar-refractivity contribution in [3.05, 3.63) is 57.6 Å². The molecule has 0 atom stereocenters. The Labute approximate surface area is 166 Å². The molecule has 0 fully saturated rings. The van der Waals surface area contributed by atoms with Gasteiger partial charge in [0, 0.05) is 38.2 Å². The van der Waals surface area contributed by atoms with Gasteiger partial charge in [-0.15, -0.1) is 0 Å². The molecular weight excluding hydrogens is 367 g/mol. The summed E-state index contributed by atoms with van der Waals surface area (Å²) in [7, 11) is 7.76. The molecule has 0 aromatic heterocycles. The predicted molar refractivity (Wildman–Crippen MR) is 116 cm³/mol. The molecule has 0 N–H and O–H groups in total. The monoisotopic (exact) mass is 392 g/mol. The van der Waals surface area contributed by atoms with E-state index in [1.54, 1.807) is 12.7 Å². The van der Waals surface area contributed by atoms with E-state index >= 15 is 0 Å². The molecule has 0 spiro atoms. The maximum Gasteiger partial charge on any atom is 0.0907 e. The molecule has 0 amide bonds. The van der Waals surface area contributed by atoms with E-state index in [9.17, 15) is 0 Å². The molecule has 0 saturated carbocycles. The van der Waals surface area contributed by atoms with E-state index in [1.165, 1.54) is 0 Å². The SMILES string of the molecule is Cc1cc(Cl)ccc1N=CN(C)C.Cc1cc(Cl)ccc1N=CN(C)C. The molecule has 0 aliphatic carbocycles. The van der Waals surface area contributed by atoms with Gasteiger partial charge in [0.25, 0.3) is 0 Å². The normalized spacial score (nSPS) is 10.8. The van der Waals surface area contributed by atoms with Crippen LogP contribution in [0.4, 0.5) is 11.4 Å². The van der Waals surface area contributed by atoms with Gasteiger partial charge in [-0.1, -0.05) is 23.2 Å². The summed E-state index contributed by atoms with van der Waals surface area (Å²) in [5.74, 6) is 0. The fraction of sp³-hybridized carbons (Fsp3) is 0.300. The molecule has 0 heterocycles. The third kappa shape index (κ3) is 8.37. The van der Waals surface area contributed by atoms with Crippen LogP contribution in [0.2, 0.25) is 10.0 Å². The first-order valence-corrected chi connectivity index (χ1v) is 8.88. The summed E-state index contributed by atoms with van der Waals surface area (Å²) >= 11 is 11.6. The minimum absolute atomic E-state index is 0.751. The molecule has 4 nitrogen and oxygen atoms in total. The molecule has 0 aliphatic heterocycles. The Kier molecular flexibility index (Phi) is 9.17. The fourth-order valence-corrected chi connectivity index (χ4v) is 2.34. The summed E-state index contributed by atoms with van der Waals surface area (Å²) in [6, 6.07) is 11.3. The van der Waals surface area contributed by atoms with Crippen LogP contribution in [0, 0.1) is 13.8 Å². The zero-order valence-corrected chi connectivity index (χ0v) is 17.7. The highest BCUT2D eigenvalue weighted by Gasteiger charge is 1.96. The van der Waals surface area contributed by atoms with Gasteiger partial charge < -0.3 is 9.80 Å². The molecule has 2 rings (SSSR count). The predicted octanol–water partition coefficient (Wildman–Crippen LogP) is 5.74. The van der Waals surface area contributed by atoms with Crippen LogP contribution in [-0.4, -0.2) is 50.7 Å². The van der Waals surface area contributed by atoms with E-state index in [1.807, 2.05) is 88.2 Å². The number of hydrogen-bond donors (Lipinski definition) is 0. The lowest BCUT2D eigenvalue weighted by atomic mass is 10.2. The number of rotatable bonds is 4. The first-order chi connectivity index (χ1) is 12.2. The second-order valence-electron chi connectivity index (χ2n) is 6.28. The molecule has 0 aliphatic rings. The van der Waals surface area contributed by atoms with Crippen LogP contribution in [-0.2, 0) is 0 Å². The van der Waals surface area contributed by atoms with Crippen LogP contribution in [0.1, 0.15) is 11.1 Å². The third-order valence-electron chi connectivity index (χ3n) is 3.17. The number of aliphatic imine (C=N–C) groups is 2. The molecule has 140 valence electrons. The van der Waals surface area contributed by atoms with Crippen molar-refractivity contribution < 1.29 is 0 Å². The highest BCUT2D eigenvalue weighted by molar-refractivity contribution is 6.31. The Hall–Kier alpha value is -2.04. The van der Waals surface area contributed by atoms with Crippen LogP contribution in [0.15, 0.2) is 46.4 Å². The van der Waals surface area contributed by atoms with E-state index in [0.717, 1.165) is 32.5 Å². The molecule has 0 bridgehead atoms. The first-order valence-electron chi connectivity index (χ1n) is 8.12. The van der Waals surface area contributed by atoms with Crippen molar-refractivity contribution >= 4 is 47.3 Å². The van der Waals surface area contributed by atoms with E-state index in [2.05, 4.69) is 9.98 Å². The van der Waals surface area contributed by atoms with E-state index in [4.69, 9.17) is 23.2 Å². The highest BCUT2D eigenvalue weighted by Crippen LogP contribution is 2.22. The molecule has 6 heteroatoms. The lowest BCUT2D eigenvalue weighted by molar-refractivity contribution is 0.643. The van der Waals surface area contributed by atoms with Crippen molar-refractivity contribution in [3.8, 4) is 0 Å². The Morgan fingerprint density at radius 1 is 0.692 bits per heavy atom. The van der Waals surface area contributed by atoms with E-state index < -0.39 is 0 Å². The average molecular weight is 393 g/mol. The summed E-state index contributed by atoms with van der Waals surface area (Å²) in [5.41, 5.74) is 4.09. The molecular formula is C20H26Cl2N4. The molecule has 0 saturated heterocycles. The largest absolute Gasteiger partial charge is 0.369 e. The van der Waals surface area contributed by atoms with Crippen molar-refractivity contribution in [1.29, 1.82) is 0 Å². The number of nitrogens with zero attached hydrogens (tertiary/aromatic N) is 4. The number of benzene rings is 2. The summed E-state index contributed by atoms with van der Waals surface area (Å²) in [5, 5.41) is 1.50. The summed E-state index contributed by atoms with van der Waals surface area (Å²) < 4.78 is 0. The molecule has 2 aromatic rings. The first kappa shape index (κ1) is 22.0. The molecule has 0 unspecified atom stereocenters. The van der Waals surface area contributed by atoms with Crippen molar-refractivity contribution in [2.24, 2.45) is 9.98 Å². The standard InChI is InChI=1S/2C10H13ClN2/c2*1-8-6-9(11)4-5-10(8)12-7-13(2)3/h2*4-7H,1-3H3. The minimum atomic E-state index is 0.751. The van der Waals surface area contributed by atoms with Gasteiger partial charge in [0.1, 0.15) is 0 Å². The molecule has 26 heavy (non-hydrogen) atoms. The van der Waals surface area contributed by atoms with Gasteiger partial charge >= 0.3 is 0 Å². The van der Waals surface area contributed by atoms with Crippen LogP contribution < -0.4 is 0 Å². The smallest absolute Gasteiger partial charge is 0.0907 e. The van der Waals surface area contributed by atoms with Crippen molar-refractivity contribution in [2.75, 3.05) is 28.2 Å². The van der Waals surface area contributed by atoms with Gasteiger partial charge in [-0.25, -0.2) is 9.98 Å². The average Bonchev–Trinajstić information content (AvgIpc) is 2.53. The minimum Gasteiger partial charge on any atom is -0.369 e. The topological polar surface area (TPSA) is 31.2 Å². The van der Waals surface area contributed by atoms with Crippen LogP contribution in [0.5, 0.6) is 0 Å². The Balaban J connectivity index is 0.000000260. The highest BCUT2D eigenvalue weighted by atomic mass is 35.5. The van der Waals surface area contributed by atoms with Gasteiger partial charge in [-0.3, -0.25) is 0 Å². The Morgan fingerprint density at radius 3 is 1.31 bits per heavy atom.